The molecule has 1 saturated heterocycles. The molecule has 3 nitrogen and oxygen atoms in total. The highest BCUT2D eigenvalue weighted by Crippen LogP contribution is 2.23. The topological polar surface area (TPSA) is 47.3 Å². The van der Waals surface area contributed by atoms with Crippen molar-refractivity contribution in [2.24, 2.45) is 5.92 Å². The predicted molar refractivity (Wildman–Crippen MR) is 66.7 cm³/mol. The highest BCUT2D eigenvalue weighted by molar-refractivity contribution is 5.53. The number of hydrogen-bond donors (Lipinski definition) is 2. The maximum absolute atomic E-state index is 5.90. The van der Waals surface area contributed by atoms with E-state index in [1.165, 1.54) is 18.4 Å². The van der Waals surface area contributed by atoms with E-state index in [2.05, 4.69) is 5.32 Å². The Morgan fingerprint density at radius 2 is 2.38 bits per heavy atom. The van der Waals surface area contributed by atoms with Crippen LogP contribution >= 0.6 is 0 Å². The van der Waals surface area contributed by atoms with Crippen LogP contribution in [0.15, 0.2) is 18.2 Å². The Morgan fingerprint density at radius 1 is 1.50 bits per heavy atom. The van der Waals surface area contributed by atoms with Gasteiger partial charge in [-0.2, -0.15) is 0 Å². The summed E-state index contributed by atoms with van der Waals surface area (Å²) in [4.78, 5) is 0. The van der Waals surface area contributed by atoms with E-state index in [1.54, 1.807) is 0 Å². The van der Waals surface area contributed by atoms with Gasteiger partial charge in [0, 0.05) is 12.5 Å². The molecule has 1 atom stereocenters. The molecule has 1 aliphatic heterocycles. The summed E-state index contributed by atoms with van der Waals surface area (Å²) >= 11 is 0. The Labute approximate surface area is 97.0 Å². The lowest BCUT2D eigenvalue weighted by Gasteiger charge is -2.23. The number of nitrogens with one attached hydrogen (secondary N) is 1. The van der Waals surface area contributed by atoms with Gasteiger partial charge in [0.2, 0.25) is 0 Å². The van der Waals surface area contributed by atoms with E-state index in [1.807, 2.05) is 25.1 Å². The third-order valence-corrected chi connectivity index (χ3v) is 3.04. The number of anilines is 1. The Balaban J connectivity index is 1.88. The maximum Gasteiger partial charge on any atom is 0.142 e. The molecule has 1 aromatic rings. The molecule has 0 amide bonds. The molecule has 1 aliphatic rings. The molecular weight excluding hydrogens is 200 g/mol. The zero-order valence-corrected chi connectivity index (χ0v) is 9.83. The number of benzene rings is 1. The van der Waals surface area contributed by atoms with E-state index in [0.717, 1.165) is 31.1 Å². The lowest BCUT2D eigenvalue weighted by atomic mass is 10.0. The zero-order valence-electron chi connectivity index (χ0n) is 9.83. The smallest absolute Gasteiger partial charge is 0.142 e. The first-order chi connectivity index (χ1) is 7.75. The van der Waals surface area contributed by atoms with Crippen LogP contribution in [0.5, 0.6) is 5.75 Å². The first kappa shape index (κ1) is 11.3. The van der Waals surface area contributed by atoms with Crippen molar-refractivity contribution in [3.8, 4) is 5.75 Å². The van der Waals surface area contributed by atoms with Crippen LogP contribution in [0.2, 0.25) is 0 Å². The van der Waals surface area contributed by atoms with Gasteiger partial charge in [-0.25, -0.2) is 0 Å². The van der Waals surface area contributed by atoms with Crippen LogP contribution in [-0.4, -0.2) is 19.7 Å². The maximum atomic E-state index is 5.90. The van der Waals surface area contributed by atoms with Crippen molar-refractivity contribution in [3.05, 3.63) is 23.8 Å². The van der Waals surface area contributed by atoms with Gasteiger partial charge in [0.1, 0.15) is 5.75 Å². The molecule has 0 aliphatic carbocycles. The summed E-state index contributed by atoms with van der Waals surface area (Å²) in [5.41, 5.74) is 7.81. The van der Waals surface area contributed by atoms with Crippen LogP contribution in [0.4, 0.5) is 5.69 Å². The number of nitrogens with two attached hydrogens (primary N) is 1. The molecule has 1 aromatic carbocycles. The minimum atomic E-state index is 0.620. The molecule has 0 saturated carbocycles. The highest BCUT2D eigenvalue weighted by atomic mass is 16.5. The normalized spacial score (nSPS) is 20.7. The number of rotatable bonds is 3. The van der Waals surface area contributed by atoms with Crippen molar-refractivity contribution in [3.63, 3.8) is 0 Å². The fourth-order valence-corrected chi connectivity index (χ4v) is 2.07. The van der Waals surface area contributed by atoms with Crippen LogP contribution in [-0.2, 0) is 0 Å². The Morgan fingerprint density at radius 3 is 3.06 bits per heavy atom. The number of piperidine rings is 1. The number of nitrogen functional groups attached to an aromatic ring is 1. The van der Waals surface area contributed by atoms with Gasteiger partial charge >= 0.3 is 0 Å². The van der Waals surface area contributed by atoms with Gasteiger partial charge in [-0.15, -0.1) is 0 Å². The van der Waals surface area contributed by atoms with Crippen molar-refractivity contribution in [1.29, 1.82) is 0 Å². The van der Waals surface area contributed by atoms with Gasteiger partial charge in [-0.3, -0.25) is 0 Å². The van der Waals surface area contributed by atoms with E-state index in [0.29, 0.717) is 5.92 Å². The molecule has 1 unspecified atom stereocenters. The summed E-state index contributed by atoms with van der Waals surface area (Å²) in [7, 11) is 0. The molecule has 1 fully saturated rings. The zero-order chi connectivity index (χ0) is 11.4. The Bertz CT molecular complexity index is 346. The highest BCUT2D eigenvalue weighted by Gasteiger charge is 2.13. The Hall–Kier alpha value is -1.22. The molecule has 3 heteroatoms. The molecule has 88 valence electrons. The SMILES string of the molecule is Cc1ccc(OCC2CCCNC2)c(N)c1. The van der Waals surface area contributed by atoms with Crippen LogP contribution in [0.3, 0.4) is 0 Å². The first-order valence-electron chi connectivity index (χ1n) is 5.95. The second-order valence-electron chi connectivity index (χ2n) is 4.56. The molecule has 0 bridgehead atoms. The molecule has 1 heterocycles. The number of ether oxygens (including phenoxy) is 1. The van der Waals surface area contributed by atoms with Gasteiger partial charge in [0.25, 0.3) is 0 Å². The monoisotopic (exact) mass is 220 g/mol. The van der Waals surface area contributed by atoms with Gasteiger partial charge in [0.05, 0.1) is 12.3 Å². The number of aryl methyl sites for hydroxylation is 1. The van der Waals surface area contributed by atoms with Gasteiger partial charge in [0.15, 0.2) is 0 Å². The molecule has 2 rings (SSSR count). The van der Waals surface area contributed by atoms with Crippen molar-refractivity contribution >= 4 is 5.69 Å². The molecule has 0 radical (unpaired) electrons. The fraction of sp³-hybridized carbons (Fsp3) is 0.538. The van der Waals surface area contributed by atoms with Crippen molar-refractivity contribution in [2.45, 2.75) is 19.8 Å². The van der Waals surface area contributed by atoms with E-state index in [9.17, 15) is 0 Å². The largest absolute Gasteiger partial charge is 0.491 e. The van der Waals surface area contributed by atoms with Crippen LogP contribution in [0.25, 0.3) is 0 Å². The second-order valence-corrected chi connectivity index (χ2v) is 4.56. The summed E-state index contributed by atoms with van der Waals surface area (Å²) in [6.07, 6.45) is 2.50. The summed E-state index contributed by atoms with van der Waals surface area (Å²) in [5, 5.41) is 3.38. The lowest BCUT2D eigenvalue weighted by Crippen LogP contribution is -2.33. The van der Waals surface area contributed by atoms with Crippen LogP contribution in [0, 0.1) is 12.8 Å². The van der Waals surface area contributed by atoms with E-state index < -0.39 is 0 Å². The van der Waals surface area contributed by atoms with Gasteiger partial charge in [-0.1, -0.05) is 6.07 Å². The van der Waals surface area contributed by atoms with Crippen molar-refractivity contribution in [1.82, 2.24) is 5.32 Å². The molecule has 3 N–H and O–H groups in total. The van der Waals surface area contributed by atoms with E-state index in [-0.39, 0.29) is 0 Å². The van der Waals surface area contributed by atoms with Crippen LogP contribution in [0.1, 0.15) is 18.4 Å². The fourth-order valence-electron chi connectivity index (χ4n) is 2.07. The number of hydrogen-bond acceptors (Lipinski definition) is 3. The lowest BCUT2D eigenvalue weighted by molar-refractivity contribution is 0.219. The van der Waals surface area contributed by atoms with Crippen molar-refractivity contribution in [2.75, 3.05) is 25.4 Å². The molecule has 0 aromatic heterocycles. The molecular formula is C13H20N2O. The molecule has 16 heavy (non-hydrogen) atoms. The molecule has 0 spiro atoms. The first-order valence-corrected chi connectivity index (χ1v) is 5.95. The minimum absolute atomic E-state index is 0.620. The van der Waals surface area contributed by atoms with Crippen molar-refractivity contribution < 1.29 is 4.74 Å². The quantitative estimate of drug-likeness (QED) is 0.765. The summed E-state index contributed by atoms with van der Waals surface area (Å²) in [5.74, 6) is 1.44. The summed E-state index contributed by atoms with van der Waals surface area (Å²) in [6.45, 7) is 5.00. The van der Waals surface area contributed by atoms with Crippen LogP contribution < -0.4 is 15.8 Å². The third-order valence-electron chi connectivity index (χ3n) is 3.04. The summed E-state index contributed by atoms with van der Waals surface area (Å²) < 4.78 is 5.77. The minimum Gasteiger partial charge on any atom is -0.491 e. The standard InChI is InChI=1S/C13H20N2O/c1-10-4-5-13(12(14)7-10)16-9-11-3-2-6-15-8-11/h4-5,7,11,15H,2-3,6,8-9,14H2,1H3. The second kappa shape index (κ2) is 5.21. The van der Waals surface area contributed by atoms with Gasteiger partial charge in [-0.05, 0) is 44.0 Å². The average Bonchev–Trinajstić information content (AvgIpc) is 2.29. The van der Waals surface area contributed by atoms with E-state index >= 15 is 0 Å². The Kier molecular flexibility index (Phi) is 3.67. The third kappa shape index (κ3) is 2.89. The van der Waals surface area contributed by atoms with E-state index in [4.69, 9.17) is 10.5 Å². The predicted octanol–water partition coefficient (Wildman–Crippen LogP) is 1.96. The average molecular weight is 220 g/mol. The summed E-state index contributed by atoms with van der Waals surface area (Å²) in [6, 6.07) is 5.94. The van der Waals surface area contributed by atoms with Gasteiger partial charge < -0.3 is 15.8 Å².